The summed E-state index contributed by atoms with van der Waals surface area (Å²) in [5, 5.41) is 5.84. The van der Waals surface area contributed by atoms with Crippen molar-refractivity contribution in [1.29, 1.82) is 0 Å². The molecule has 0 aromatic rings. The van der Waals surface area contributed by atoms with Gasteiger partial charge in [0, 0.05) is 32.7 Å². The number of hydrogen-bond acceptors (Lipinski definition) is 5. The minimum Gasteiger partial charge on any atom is -0.355 e. The summed E-state index contributed by atoms with van der Waals surface area (Å²) in [6.45, 7) is 4.44. The van der Waals surface area contributed by atoms with Gasteiger partial charge in [-0.15, -0.1) is 24.0 Å². The molecule has 1 saturated heterocycles. The van der Waals surface area contributed by atoms with Gasteiger partial charge in [-0.1, -0.05) is 0 Å². The first kappa shape index (κ1) is 27.6. The molecule has 0 unspecified atom stereocenters. The van der Waals surface area contributed by atoms with Crippen molar-refractivity contribution < 1.29 is 30.0 Å². The number of nitrogens with one attached hydrogen (secondary N) is 2. The average molecular weight is 564 g/mol. The fourth-order valence-electron chi connectivity index (χ4n) is 2.38. The van der Waals surface area contributed by atoms with Crippen molar-refractivity contribution >= 4 is 49.8 Å². The lowest BCUT2D eigenvalue weighted by Gasteiger charge is -2.32. The maximum atomic E-state index is 12.6. The number of hydrogen-bond donors (Lipinski definition) is 2. The van der Waals surface area contributed by atoms with Crippen LogP contribution in [0.5, 0.6) is 0 Å². The third-order valence-corrected chi connectivity index (χ3v) is 8.48. The van der Waals surface area contributed by atoms with Crippen molar-refractivity contribution in [2.45, 2.75) is 49.9 Å². The van der Waals surface area contributed by atoms with Gasteiger partial charge in [0.15, 0.2) is 15.8 Å². The highest BCUT2D eigenvalue weighted by atomic mass is 127. The largest absolute Gasteiger partial charge is 0.511 e. The fourth-order valence-corrected chi connectivity index (χ4v) is 4.35. The van der Waals surface area contributed by atoms with Crippen molar-refractivity contribution in [1.82, 2.24) is 14.9 Å². The highest BCUT2D eigenvalue weighted by Gasteiger charge is 2.50. The lowest BCUT2D eigenvalue weighted by molar-refractivity contribution is -0.0494. The maximum Gasteiger partial charge on any atom is 0.511 e. The molecule has 0 spiro atoms. The molecular weight excluding hydrogens is 536 g/mol. The van der Waals surface area contributed by atoms with Crippen LogP contribution in [0, 0.1) is 0 Å². The molecule has 0 radical (unpaired) electrons. The van der Waals surface area contributed by atoms with E-state index in [1.165, 1.54) is 7.05 Å². The second kappa shape index (κ2) is 10.1. The number of alkyl halides is 3. The Hall–Kier alpha value is -0.350. The van der Waals surface area contributed by atoms with Gasteiger partial charge in [-0.2, -0.15) is 17.5 Å². The highest BCUT2D eigenvalue weighted by Crippen LogP contribution is 2.28. The molecule has 1 heterocycles. The summed E-state index contributed by atoms with van der Waals surface area (Å²) in [7, 11) is -7.12. The lowest BCUT2D eigenvalue weighted by atomic mass is 10.1. The number of guanidine groups is 1. The summed E-state index contributed by atoms with van der Waals surface area (Å²) in [4.78, 5) is 3.96. The van der Waals surface area contributed by atoms with Crippen molar-refractivity contribution in [2.75, 3.05) is 32.4 Å². The van der Waals surface area contributed by atoms with Crippen LogP contribution in [0.1, 0.15) is 33.6 Å². The van der Waals surface area contributed by atoms with E-state index in [0.29, 0.717) is 10.3 Å². The summed E-state index contributed by atoms with van der Waals surface area (Å²) in [5.74, 6) is 0.218. The highest BCUT2D eigenvalue weighted by molar-refractivity contribution is 14.0. The molecular formula is C14H28F3IN4O4S2. The van der Waals surface area contributed by atoms with Crippen LogP contribution in [0.25, 0.3) is 0 Å². The van der Waals surface area contributed by atoms with E-state index in [9.17, 15) is 30.0 Å². The molecule has 1 fully saturated rings. The Labute approximate surface area is 181 Å². The quantitative estimate of drug-likeness (QED) is 0.296. The molecule has 8 nitrogen and oxygen atoms in total. The Kier molecular flexibility index (Phi) is 9.98. The van der Waals surface area contributed by atoms with Gasteiger partial charge in [-0.3, -0.25) is 4.99 Å². The van der Waals surface area contributed by atoms with Crippen molar-refractivity contribution in [3.8, 4) is 0 Å². The molecule has 0 atom stereocenters. The fraction of sp³-hybridized carbons (Fsp3) is 0.929. The van der Waals surface area contributed by atoms with E-state index < -0.39 is 30.1 Å². The molecule has 0 aromatic heterocycles. The zero-order valence-electron chi connectivity index (χ0n) is 16.2. The Morgan fingerprint density at radius 1 is 1.11 bits per heavy atom. The smallest absolute Gasteiger partial charge is 0.355 e. The molecule has 28 heavy (non-hydrogen) atoms. The first-order valence-corrected chi connectivity index (χ1v) is 11.5. The third-order valence-electron chi connectivity index (χ3n) is 4.25. The van der Waals surface area contributed by atoms with Crippen LogP contribution in [-0.4, -0.2) is 75.8 Å². The molecule has 1 rings (SSSR count). The number of aliphatic imine (C=N–C) groups is 1. The van der Waals surface area contributed by atoms with E-state index in [2.05, 4.69) is 15.6 Å². The van der Waals surface area contributed by atoms with E-state index in [0.717, 1.165) is 0 Å². The molecule has 14 heteroatoms. The van der Waals surface area contributed by atoms with Crippen LogP contribution in [-0.2, 0) is 19.9 Å². The minimum absolute atomic E-state index is 0. The van der Waals surface area contributed by atoms with E-state index >= 15 is 0 Å². The van der Waals surface area contributed by atoms with Gasteiger partial charge in [0.25, 0.3) is 0 Å². The SMILES string of the molecule is CN=C(NCCS(=O)(=O)C(C)(C)C)NC1CCN(S(=O)(=O)C(F)(F)F)CC1.I. The standard InChI is InChI=1S/C14H27F3N4O4S2.HI/c1-13(2,3)26(22,23)10-7-19-12(18-4)20-11-5-8-21(9-6-11)27(24,25)14(15,16)17;/h11H,5-10H2,1-4H3,(H2,18,19,20);1H. The summed E-state index contributed by atoms with van der Waals surface area (Å²) in [6, 6.07) is -0.268. The number of piperidine rings is 1. The van der Waals surface area contributed by atoms with Crippen molar-refractivity contribution in [2.24, 2.45) is 4.99 Å². The topological polar surface area (TPSA) is 108 Å². The van der Waals surface area contributed by atoms with E-state index in [4.69, 9.17) is 0 Å². The van der Waals surface area contributed by atoms with Gasteiger partial charge < -0.3 is 10.6 Å². The summed E-state index contributed by atoms with van der Waals surface area (Å²) in [5.41, 5.74) is -5.30. The summed E-state index contributed by atoms with van der Waals surface area (Å²) in [6.07, 6.45) is 0.354. The molecule has 0 amide bonds. The summed E-state index contributed by atoms with van der Waals surface area (Å²) < 4.78 is 84.2. The maximum absolute atomic E-state index is 12.6. The summed E-state index contributed by atoms with van der Waals surface area (Å²) >= 11 is 0. The number of nitrogens with zero attached hydrogens (tertiary/aromatic N) is 2. The van der Waals surface area contributed by atoms with Crippen molar-refractivity contribution in [3.63, 3.8) is 0 Å². The Morgan fingerprint density at radius 3 is 2.00 bits per heavy atom. The van der Waals surface area contributed by atoms with Gasteiger partial charge >= 0.3 is 15.5 Å². The van der Waals surface area contributed by atoms with Crippen LogP contribution in [0.15, 0.2) is 4.99 Å². The molecule has 0 aliphatic carbocycles. The van der Waals surface area contributed by atoms with Crippen LogP contribution in [0.2, 0.25) is 0 Å². The van der Waals surface area contributed by atoms with Gasteiger partial charge in [0.05, 0.1) is 10.5 Å². The Balaban J connectivity index is 0.00000729. The van der Waals surface area contributed by atoms with Gasteiger partial charge in [-0.05, 0) is 33.6 Å². The molecule has 1 aliphatic rings. The number of halogens is 4. The number of sulfonamides is 1. The number of rotatable bonds is 5. The third kappa shape index (κ3) is 7.16. The lowest BCUT2D eigenvalue weighted by Crippen LogP contribution is -2.52. The normalized spacial score (nSPS) is 18.5. The second-order valence-corrected chi connectivity index (χ2v) is 12.0. The number of sulfone groups is 1. The monoisotopic (exact) mass is 564 g/mol. The van der Waals surface area contributed by atoms with Crippen LogP contribution in [0.4, 0.5) is 13.2 Å². The average Bonchev–Trinajstić information content (AvgIpc) is 2.52. The van der Waals surface area contributed by atoms with E-state index in [1.807, 2.05) is 0 Å². The van der Waals surface area contributed by atoms with Gasteiger partial charge in [0.1, 0.15) is 0 Å². The predicted molar refractivity (Wildman–Crippen MR) is 113 cm³/mol. The van der Waals surface area contributed by atoms with E-state index in [1.54, 1.807) is 20.8 Å². The Bertz CT molecular complexity index is 742. The molecule has 0 saturated carbocycles. The van der Waals surface area contributed by atoms with Crippen LogP contribution >= 0.6 is 24.0 Å². The zero-order chi connectivity index (χ0) is 21.1. The van der Waals surface area contributed by atoms with Crippen molar-refractivity contribution in [3.05, 3.63) is 0 Å². The zero-order valence-corrected chi connectivity index (χ0v) is 20.2. The molecule has 0 aromatic carbocycles. The molecule has 2 N–H and O–H groups in total. The first-order chi connectivity index (χ1) is 12.1. The minimum atomic E-state index is -5.31. The second-order valence-electron chi connectivity index (χ2n) is 7.20. The Morgan fingerprint density at radius 2 is 1.61 bits per heavy atom. The molecule has 168 valence electrons. The van der Waals surface area contributed by atoms with Crippen LogP contribution < -0.4 is 10.6 Å². The predicted octanol–water partition coefficient (Wildman–Crippen LogP) is 1.30. The molecule has 1 aliphatic heterocycles. The van der Waals surface area contributed by atoms with Gasteiger partial charge in [0.2, 0.25) is 0 Å². The first-order valence-electron chi connectivity index (χ1n) is 8.38. The van der Waals surface area contributed by atoms with E-state index in [-0.39, 0.29) is 68.2 Å². The van der Waals surface area contributed by atoms with Crippen LogP contribution in [0.3, 0.4) is 0 Å². The molecule has 0 bridgehead atoms. The van der Waals surface area contributed by atoms with Gasteiger partial charge in [-0.25, -0.2) is 16.8 Å².